The standard InChI is InChI=1S/C16H32N2O3S/c1-4-9-18-10-11-21-16(13-18)8-6-5-7-15(16)17-22(19,20)12-14(2)3/h14-15,17H,4-13H2,1-3H3/t15-,16+/m1/s1. The molecule has 1 heterocycles. The molecule has 0 amide bonds. The van der Waals surface area contributed by atoms with Crippen LogP contribution in [0.25, 0.3) is 0 Å². The predicted molar refractivity (Wildman–Crippen MR) is 89.4 cm³/mol. The van der Waals surface area contributed by atoms with E-state index in [2.05, 4.69) is 16.5 Å². The molecule has 6 heteroatoms. The summed E-state index contributed by atoms with van der Waals surface area (Å²) >= 11 is 0. The van der Waals surface area contributed by atoms with E-state index in [0.29, 0.717) is 6.61 Å². The maximum Gasteiger partial charge on any atom is 0.212 e. The van der Waals surface area contributed by atoms with E-state index in [9.17, 15) is 8.42 Å². The maximum atomic E-state index is 12.4. The minimum Gasteiger partial charge on any atom is -0.371 e. The van der Waals surface area contributed by atoms with Gasteiger partial charge >= 0.3 is 0 Å². The highest BCUT2D eigenvalue weighted by atomic mass is 32.2. The van der Waals surface area contributed by atoms with E-state index in [-0.39, 0.29) is 23.3 Å². The molecule has 1 saturated carbocycles. The normalized spacial score (nSPS) is 31.0. The van der Waals surface area contributed by atoms with Gasteiger partial charge in [-0.1, -0.05) is 33.6 Å². The summed E-state index contributed by atoms with van der Waals surface area (Å²) in [5.74, 6) is 0.332. The Hall–Kier alpha value is -0.170. The second-order valence-corrected chi connectivity index (χ2v) is 9.08. The molecule has 0 radical (unpaired) electrons. The Morgan fingerprint density at radius 3 is 2.82 bits per heavy atom. The van der Waals surface area contributed by atoms with Crippen LogP contribution < -0.4 is 4.72 Å². The number of sulfonamides is 1. The molecule has 2 atom stereocenters. The third-order valence-electron chi connectivity index (χ3n) is 4.68. The fraction of sp³-hybridized carbons (Fsp3) is 1.00. The molecule has 130 valence electrons. The lowest BCUT2D eigenvalue weighted by Gasteiger charge is -2.49. The highest BCUT2D eigenvalue weighted by Gasteiger charge is 2.46. The van der Waals surface area contributed by atoms with Crippen molar-refractivity contribution in [2.45, 2.75) is 64.5 Å². The molecule has 2 aliphatic rings. The second-order valence-electron chi connectivity index (χ2n) is 7.28. The van der Waals surface area contributed by atoms with Crippen molar-refractivity contribution in [3.63, 3.8) is 0 Å². The summed E-state index contributed by atoms with van der Waals surface area (Å²) in [6, 6.07) is -0.0790. The van der Waals surface area contributed by atoms with E-state index in [0.717, 1.165) is 51.7 Å². The van der Waals surface area contributed by atoms with Crippen LogP contribution in [-0.2, 0) is 14.8 Å². The molecule has 0 aromatic rings. The molecule has 2 fully saturated rings. The molecule has 0 aromatic carbocycles. The number of ether oxygens (including phenoxy) is 1. The molecule has 0 unspecified atom stereocenters. The van der Waals surface area contributed by atoms with E-state index in [1.54, 1.807) is 0 Å². The Bertz CT molecular complexity index is 446. The van der Waals surface area contributed by atoms with Crippen LogP contribution in [0.4, 0.5) is 0 Å². The molecule has 5 nitrogen and oxygen atoms in total. The van der Waals surface area contributed by atoms with E-state index >= 15 is 0 Å². The Morgan fingerprint density at radius 1 is 1.36 bits per heavy atom. The highest BCUT2D eigenvalue weighted by molar-refractivity contribution is 7.89. The molecule has 0 bridgehead atoms. The monoisotopic (exact) mass is 332 g/mol. The molecular weight excluding hydrogens is 300 g/mol. The number of rotatable bonds is 6. The third kappa shape index (κ3) is 4.66. The first kappa shape index (κ1) is 18.2. The van der Waals surface area contributed by atoms with E-state index < -0.39 is 10.0 Å². The van der Waals surface area contributed by atoms with Crippen LogP contribution in [0, 0.1) is 5.92 Å². The van der Waals surface area contributed by atoms with Crippen LogP contribution in [0.2, 0.25) is 0 Å². The molecule has 0 aromatic heterocycles. The van der Waals surface area contributed by atoms with Crippen molar-refractivity contribution in [3.05, 3.63) is 0 Å². The Morgan fingerprint density at radius 2 is 2.14 bits per heavy atom. The Kier molecular flexibility index (Phi) is 6.28. The summed E-state index contributed by atoms with van der Waals surface area (Å²) in [6.45, 7) is 9.66. The van der Waals surface area contributed by atoms with E-state index in [1.165, 1.54) is 0 Å². The number of morpholine rings is 1. The summed E-state index contributed by atoms with van der Waals surface area (Å²) in [5.41, 5.74) is -0.324. The van der Waals surface area contributed by atoms with Crippen molar-refractivity contribution in [2.75, 3.05) is 32.0 Å². The summed E-state index contributed by atoms with van der Waals surface area (Å²) in [6.07, 6.45) is 5.18. The molecule has 2 rings (SSSR count). The molecule has 1 aliphatic heterocycles. The van der Waals surface area contributed by atoms with E-state index in [1.807, 2.05) is 13.8 Å². The largest absolute Gasteiger partial charge is 0.371 e. The maximum absolute atomic E-state index is 12.4. The summed E-state index contributed by atoms with van der Waals surface area (Å²) in [4.78, 5) is 2.43. The first-order valence-corrected chi connectivity index (χ1v) is 10.4. The smallest absolute Gasteiger partial charge is 0.212 e. The molecule has 1 aliphatic carbocycles. The second kappa shape index (κ2) is 7.60. The van der Waals surface area contributed by atoms with Gasteiger partial charge in [-0.05, 0) is 31.7 Å². The van der Waals surface area contributed by atoms with Crippen LogP contribution in [0.5, 0.6) is 0 Å². The fourth-order valence-corrected chi connectivity index (χ4v) is 5.57. The van der Waals surface area contributed by atoms with Gasteiger partial charge in [0, 0.05) is 13.1 Å². The van der Waals surface area contributed by atoms with Gasteiger partial charge in [-0.3, -0.25) is 4.90 Å². The van der Waals surface area contributed by atoms with E-state index in [4.69, 9.17) is 4.74 Å². The number of hydrogen-bond donors (Lipinski definition) is 1. The molecule has 1 N–H and O–H groups in total. The molecule has 22 heavy (non-hydrogen) atoms. The lowest BCUT2D eigenvalue weighted by atomic mass is 9.79. The zero-order valence-electron chi connectivity index (χ0n) is 14.3. The van der Waals surface area contributed by atoms with Crippen LogP contribution in [0.1, 0.15) is 52.9 Å². The summed E-state index contributed by atoms with van der Waals surface area (Å²) in [5, 5.41) is 0. The van der Waals surface area contributed by atoms with Crippen molar-refractivity contribution in [1.82, 2.24) is 9.62 Å². The molecule has 1 saturated heterocycles. The van der Waals surface area contributed by atoms with Crippen molar-refractivity contribution >= 4 is 10.0 Å². The first-order chi connectivity index (χ1) is 10.4. The minimum atomic E-state index is -3.23. The zero-order valence-corrected chi connectivity index (χ0v) is 15.1. The van der Waals surface area contributed by atoms with Crippen LogP contribution in [-0.4, -0.2) is 57.0 Å². The van der Waals surface area contributed by atoms with Gasteiger partial charge in [0.1, 0.15) is 0 Å². The lowest BCUT2D eigenvalue weighted by Crippen LogP contribution is -2.64. The minimum absolute atomic E-state index is 0.0790. The Balaban J connectivity index is 2.10. The topological polar surface area (TPSA) is 58.6 Å². The lowest BCUT2D eigenvalue weighted by molar-refractivity contribution is -0.139. The average Bonchev–Trinajstić information content (AvgIpc) is 2.41. The Labute approximate surface area is 135 Å². The summed E-state index contributed by atoms with van der Waals surface area (Å²) in [7, 11) is -3.23. The van der Waals surface area contributed by atoms with Gasteiger partial charge in [-0.2, -0.15) is 0 Å². The zero-order chi connectivity index (χ0) is 16.2. The first-order valence-electron chi connectivity index (χ1n) is 8.73. The van der Waals surface area contributed by atoms with Crippen LogP contribution in [0.3, 0.4) is 0 Å². The highest BCUT2D eigenvalue weighted by Crippen LogP contribution is 2.35. The van der Waals surface area contributed by atoms with Crippen molar-refractivity contribution in [3.8, 4) is 0 Å². The number of nitrogens with one attached hydrogen (secondary N) is 1. The quantitative estimate of drug-likeness (QED) is 0.808. The van der Waals surface area contributed by atoms with Crippen LogP contribution in [0.15, 0.2) is 0 Å². The van der Waals surface area contributed by atoms with Crippen molar-refractivity contribution < 1.29 is 13.2 Å². The number of nitrogens with zero attached hydrogens (tertiary/aromatic N) is 1. The van der Waals surface area contributed by atoms with Gasteiger partial charge in [0.2, 0.25) is 10.0 Å². The van der Waals surface area contributed by atoms with Gasteiger partial charge in [0.25, 0.3) is 0 Å². The van der Waals surface area contributed by atoms with Gasteiger partial charge in [0.05, 0.1) is 24.0 Å². The van der Waals surface area contributed by atoms with Gasteiger partial charge < -0.3 is 4.74 Å². The van der Waals surface area contributed by atoms with Gasteiger partial charge in [-0.25, -0.2) is 13.1 Å². The number of hydrogen-bond acceptors (Lipinski definition) is 4. The van der Waals surface area contributed by atoms with Crippen molar-refractivity contribution in [2.24, 2.45) is 5.92 Å². The predicted octanol–water partition coefficient (Wildman–Crippen LogP) is 1.99. The van der Waals surface area contributed by atoms with Crippen LogP contribution >= 0.6 is 0 Å². The average molecular weight is 333 g/mol. The SMILES string of the molecule is CCCN1CCO[C@@]2(CCCC[C@H]2NS(=O)(=O)CC(C)C)C1. The third-order valence-corrected chi connectivity index (χ3v) is 6.43. The van der Waals surface area contributed by atoms with Gasteiger partial charge in [0.15, 0.2) is 0 Å². The van der Waals surface area contributed by atoms with Crippen molar-refractivity contribution in [1.29, 1.82) is 0 Å². The molecule has 1 spiro atoms. The molecular formula is C16H32N2O3S. The van der Waals surface area contributed by atoms with Gasteiger partial charge in [-0.15, -0.1) is 0 Å². The summed E-state index contributed by atoms with van der Waals surface area (Å²) < 4.78 is 33.9. The fourth-order valence-electron chi connectivity index (χ4n) is 3.83.